The van der Waals surface area contributed by atoms with E-state index in [1.54, 1.807) is 27.5 Å². The summed E-state index contributed by atoms with van der Waals surface area (Å²) in [4.78, 5) is 0. The number of nitrogens with two attached hydrogens (primary N) is 1. The van der Waals surface area contributed by atoms with Gasteiger partial charge in [-0.25, -0.2) is 0 Å². The van der Waals surface area contributed by atoms with E-state index < -0.39 is 8.80 Å². The van der Waals surface area contributed by atoms with Crippen molar-refractivity contribution < 1.29 is 13.3 Å². The quantitative estimate of drug-likeness (QED) is 0.573. The summed E-state index contributed by atoms with van der Waals surface area (Å²) in [5.41, 5.74) is 7.60. The molecule has 2 unspecified atom stereocenters. The van der Waals surface area contributed by atoms with Crippen molar-refractivity contribution in [3.8, 4) is 0 Å². The average molecular weight is 339 g/mol. The Balaban J connectivity index is 2.53. The first-order chi connectivity index (χ1) is 11.1. The Hall–Kier alpha value is -1.18. The third-order valence-electron chi connectivity index (χ3n) is 4.02. The number of hydrogen-bond acceptors (Lipinski definition) is 5. The summed E-state index contributed by atoms with van der Waals surface area (Å²) in [6.07, 6.45) is 4.30. The maximum Gasteiger partial charge on any atom is 0.500 e. The predicted octanol–water partition coefficient (Wildman–Crippen LogP) is 2.32. The van der Waals surface area contributed by atoms with Crippen LogP contribution in [-0.2, 0) is 19.7 Å². The van der Waals surface area contributed by atoms with Crippen LogP contribution in [0.25, 0.3) is 0 Å². The third-order valence-corrected chi connectivity index (χ3v) is 6.79. The number of hydrogen-bond donors (Lipinski definition) is 2. The lowest BCUT2D eigenvalue weighted by Gasteiger charge is -2.27. The lowest BCUT2D eigenvalue weighted by Crippen LogP contribution is -2.44. The summed E-state index contributed by atoms with van der Waals surface area (Å²) in [6, 6.07) is 11.4. The second kappa shape index (κ2) is 10.6. The molecule has 0 bridgehead atoms. The van der Waals surface area contributed by atoms with Crippen molar-refractivity contribution >= 4 is 8.80 Å². The van der Waals surface area contributed by atoms with E-state index in [0.29, 0.717) is 6.04 Å². The monoisotopic (exact) mass is 338 g/mol. The first kappa shape index (κ1) is 19.9. The van der Waals surface area contributed by atoms with E-state index in [9.17, 15) is 0 Å². The summed E-state index contributed by atoms with van der Waals surface area (Å²) < 4.78 is 16.3. The molecule has 2 atom stereocenters. The van der Waals surface area contributed by atoms with Gasteiger partial charge in [-0.2, -0.15) is 0 Å². The van der Waals surface area contributed by atoms with Gasteiger partial charge in [-0.15, -0.1) is 0 Å². The molecule has 5 nitrogen and oxygen atoms in total. The zero-order chi connectivity index (χ0) is 17.1. The molecule has 0 spiro atoms. The van der Waals surface area contributed by atoms with Crippen LogP contribution in [0.3, 0.4) is 0 Å². The Morgan fingerprint density at radius 3 is 2.30 bits per heavy atom. The van der Waals surface area contributed by atoms with Crippen LogP contribution in [0.5, 0.6) is 0 Å². The maximum absolute atomic E-state index is 6.31. The minimum Gasteiger partial charge on any atom is -0.388 e. The van der Waals surface area contributed by atoms with Crippen molar-refractivity contribution in [1.82, 2.24) is 5.32 Å². The molecule has 0 aromatic heterocycles. The van der Waals surface area contributed by atoms with Crippen LogP contribution in [0.4, 0.5) is 0 Å². The van der Waals surface area contributed by atoms with Crippen molar-refractivity contribution in [1.29, 1.82) is 0 Å². The fourth-order valence-electron chi connectivity index (χ4n) is 2.68. The van der Waals surface area contributed by atoms with Gasteiger partial charge in [0.15, 0.2) is 0 Å². The van der Waals surface area contributed by atoms with Crippen LogP contribution in [-0.4, -0.2) is 42.2 Å². The molecule has 23 heavy (non-hydrogen) atoms. The molecular formula is C17H30N2O3Si. The lowest BCUT2D eigenvalue weighted by molar-refractivity contribution is 0.122. The second-order valence-electron chi connectivity index (χ2n) is 5.59. The highest BCUT2D eigenvalue weighted by Gasteiger charge is 2.37. The molecule has 0 aliphatic carbocycles. The molecule has 1 rings (SSSR count). The minimum atomic E-state index is -2.54. The number of rotatable bonds is 12. The molecule has 1 aromatic rings. The topological polar surface area (TPSA) is 65.7 Å². The van der Waals surface area contributed by atoms with Gasteiger partial charge in [0.25, 0.3) is 0 Å². The van der Waals surface area contributed by atoms with Crippen molar-refractivity contribution in [2.24, 2.45) is 5.73 Å². The van der Waals surface area contributed by atoms with E-state index in [2.05, 4.69) is 36.2 Å². The van der Waals surface area contributed by atoms with Crippen molar-refractivity contribution in [3.05, 3.63) is 48.7 Å². The number of benzene rings is 1. The molecule has 0 saturated heterocycles. The summed E-state index contributed by atoms with van der Waals surface area (Å²) in [5.74, 6) is 0. The lowest BCUT2D eigenvalue weighted by atomic mass is 9.98. The van der Waals surface area contributed by atoms with E-state index in [1.807, 2.05) is 6.07 Å². The first-order valence-electron chi connectivity index (χ1n) is 7.91. The minimum absolute atomic E-state index is 0.0449. The van der Waals surface area contributed by atoms with Gasteiger partial charge in [0.1, 0.15) is 0 Å². The SMILES string of the molecule is C=CNC(Cc1ccccc1)CC(N)CC[Si](OC)(OC)OC. The van der Waals surface area contributed by atoms with Gasteiger partial charge in [0.05, 0.1) is 0 Å². The summed E-state index contributed by atoms with van der Waals surface area (Å²) in [7, 11) is 2.34. The molecule has 0 aliphatic heterocycles. The van der Waals surface area contributed by atoms with E-state index in [1.165, 1.54) is 5.56 Å². The standard InChI is InChI=1S/C17H30N2O3Si/c1-5-19-17(13-15-9-7-6-8-10-15)14-16(18)11-12-23(20-2,21-3)22-4/h5-10,16-17,19H,1,11-14,18H2,2-4H3. The smallest absolute Gasteiger partial charge is 0.388 e. The van der Waals surface area contributed by atoms with Gasteiger partial charge in [0, 0.05) is 39.5 Å². The molecule has 0 saturated carbocycles. The van der Waals surface area contributed by atoms with Crippen LogP contribution in [0.1, 0.15) is 18.4 Å². The Bertz CT molecular complexity index is 432. The second-order valence-corrected chi connectivity index (χ2v) is 8.68. The first-order valence-corrected chi connectivity index (χ1v) is 9.84. The summed E-state index contributed by atoms with van der Waals surface area (Å²) in [6.45, 7) is 3.77. The summed E-state index contributed by atoms with van der Waals surface area (Å²) >= 11 is 0. The Labute approximate surface area is 141 Å². The van der Waals surface area contributed by atoms with E-state index in [0.717, 1.165) is 19.3 Å². The molecule has 3 N–H and O–H groups in total. The highest BCUT2D eigenvalue weighted by Crippen LogP contribution is 2.18. The van der Waals surface area contributed by atoms with Crippen LogP contribution in [0.15, 0.2) is 43.1 Å². The zero-order valence-corrected chi connectivity index (χ0v) is 15.5. The Morgan fingerprint density at radius 2 is 1.78 bits per heavy atom. The van der Waals surface area contributed by atoms with E-state index >= 15 is 0 Å². The average Bonchev–Trinajstić information content (AvgIpc) is 2.58. The highest BCUT2D eigenvalue weighted by atomic mass is 28.4. The third kappa shape index (κ3) is 6.84. The van der Waals surface area contributed by atoms with Crippen molar-refractivity contribution in [3.63, 3.8) is 0 Å². The van der Waals surface area contributed by atoms with Crippen LogP contribution in [0, 0.1) is 0 Å². The zero-order valence-electron chi connectivity index (χ0n) is 14.5. The largest absolute Gasteiger partial charge is 0.500 e. The molecule has 130 valence electrons. The molecule has 0 aliphatic rings. The predicted molar refractivity (Wildman–Crippen MR) is 96.1 cm³/mol. The normalized spacial score (nSPS) is 14.3. The van der Waals surface area contributed by atoms with Crippen molar-refractivity contribution in [2.75, 3.05) is 21.3 Å². The Morgan fingerprint density at radius 1 is 1.17 bits per heavy atom. The van der Waals surface area contributed by atoms with Gasteiger partial charge in [-0.1, -0.05) is 36.9 Å². The van der Waals surface area contributed by atoms with Crippen LogP contribution >= 0.6 is 0 Å². The van der Waals surface area contributed by atoms with Crippen LogP contribution < -0.4 is 11.1 Å². The Kier molecular flexibility index (Phi) is 9.12. The molecule has 0 amide bonds. The molecule has 0 radical (unpaired) electrons. The fraction of sp³-hybridized carbons (Fsp3) is 0.529. The molecule has 0 heterocycles. The van der Waals surface area contributed by atoms with Gasteiger partial charge >= 0.3 is 8.80 Å². The summed E-state index contributed by atoms with van der Waals surface area (Å²) in [5, 5.41) is 3.30. The van der Waals surface area contributed by atoms with Gasteiger partial charge < -0.3 is 24.3 Å². The van der Waals surface area contributed by atoms with Gasteiger partial charge in [-0.05, 0) is 31.0 Å². The fourth-order valence-corrected chi connectivity index (χ4v) is 4.51. The molecule has 6 heteroatoms. The molecular weight excluding hydrogens is 308 g/mol. The molecule has 1 aromatic carbocycles. The van der Waals surface area contributed by atoms with Crippen molar-refractivity contribution in [2.45, 2.75) is 37.4 Å². The maximum atomic E-state index is 6.31. The van der Waals surface area contributed by atoms with Crippen LogP contribution in [0.2, 0.25) is 6.04 Å². The van der Waals surface area contributed by atoms with Gasteiger partial charge in [0.2, 0.25) is 0 Å². The number of nitrogens with one attached hydrogen (secondary N) is 1. The van der Waals surface area contributed by atoms with E-state index in [-0.39, 0.29) is 12.1 Å². The highest BCUT2D eigenvalue weighted by molar-refractivity contribution is 6.60. The van der Waals surface area contributed by atoms with E-state index in [4.69, 9.17) is 19.0 Å². The molecule has 0 fully saturated rings. The van der Waals surface area contributed by atoms with Gasteiger partial charge in [-0.3, -0.25) is 0 Å².